The lowest BCUT2D eigenvalue weighted by Gasteiger charge is -2.63. The van der Waals surface area contributed by atoms with Crippen LogP contribution in [-0.2, 0) is 0 Å². The molecule has 2 heterocycles. The molecule has 1 fully saturated rings. The van der Waals surface area contributed by atoms with E-state index >= 15 is 0 Å². The van der Waals surface area contributed by atoms with Crippen LogP contribution < -0.4 is 5.32 Å². The third-order valence-corrected chi connectivity index (χ3v) is 15.8. The predicted molar refractivity (Wildman–Crippen MR) is 227 cm³/mol. The lowest BCUT2D eigenvalue weighted by molar-refractivity contribution is 0.0228. The van der Waals surface area contributed by atoms with Crippen molar-refractivity contribution in [3.05, 3.63) is 93.4 Å². The summed E-state index contributed by atoms with van der Waals surface area (Å²) in [7, 11) is 0. The Balaban J connectivity index is 1.23. The van der Waals surface area contributed by atoms with Gasteiger partial charge in [0.05, 0.1) is 12.2 Å². The summed E-state index contributed by atoms with van der Waals surface area (Å²) in [6, 6.07) is 0.857. The van der Waals surface area contributed by atoms with Gasteiger partial charge in [0.15, 0.2) is 0 Å². The molecule has 0 spiro atoms. The fourth-order valence-corrected chi connectivity index (χ4v) is 13.5. The van der Waals surface area contributed by atoms with Crippen LogP contribution in [0.4, 0.5) is 0 Å². The standard InChI is InChI=1S/C50H70N4/c1-30(2)40-29-44(54(46-14-10-12-20-52-46)37-25-33(5)22-34(6)26-37)41-28-42-47-35(17-18-50(42,7)8)27-43(39-16-15-38(40)48(41)49(39)47)53(45-13-9-11-19-51-45)36-23-31(3)21-32(4)24-36/h10,12,15-16,19,22-25,30-31,37-40,42-43,45-46,48-49,52H,9,11,13-14,17-18,20-21,26-29H2,1-8H3. The summed E-state index contributed by atoms with van der Waals surface area (Å²) in [5, 5.41) is 4.04. The molecule has 4 nitrogen and oxygen atoms in total. The highest BCUT2D eigenvalue weighted by atomic mass is 15.3. The number of aliphatic imine (C=N–C) groups is 1. The first kappa shape index (κ1) is 36.8. The largest absolute Gasteiger partial charge is 0.352 e. The third kappa shape index (κ3) is 6.33. The monoisotopic (exact) mass is 727 g/mol. The van der Waals surface area contributed by atoms with Gasteiger partial charge in [-0.3, -0.25) is 10.3 Å². The molecule has 290 valence electrons. The minimum atomic E-state index is 0.246. The minimum absolute atomic E-state index is 0.246. The van der Waals surface area contributed by atoms with E-state index in [1.807, 2.05) is 16.7 Å². The zero-order valence-corrected chi connectivity index (χ0v) is 35.0. The predicted octanol–water partition coefficient (Wildman–Crippen LogP) is 11.5. The highest BCUT2D eigenvalue weighted by Gasteiger charge is 2.59. The van der Waals surface area contributed by atoms with Gasteiger partial charge in [-0.1, -0.05) is 105 Å². The number of hydrogen-bond acceptors (Lipinski definition) is 4. The molecule has 0 aromatic heterocycles. The molecule has 2 aliphatic heterocycles. The third-order valence-electron chi connectivity index (χ3n) is 15.8. The van der Waals surface area contributed by atoms with E-state index in [4.69, 9.17) is 4.99 Å². The van der Waals surface area contributed by atoms with Crippen molar-refractivity contribution in [1.82, 2.24) is 15.1 Å². The van der Waals surface area contributed by atoms with Crippen molar-refractivity contribution >= 4 is 6.21 Å². The van der Waals surface area contributed by atoms with Crippen LogP contribution >= 0.6 is 0 Å². The maximum absolute atomic E-state index is 5.34. The van der Waals surface area contributed by atoms with Crippen LogP contribution in [0.15, 0.2) is 98.4 Å². The average molecular weight is 727 g/mol. The van der Waals surface area contributed by atoms with Crippen molar-refractivity contribution in [2.45, 2.75) is 150 Å². The molecule has 54 heavy (non-hydrogen) atoms. The van der Waals surface area contributed by atoms with Crippen molar-refractivity contribution in [2.75, 3.05) is 6.54 Å². The van der Waals surface area contributed by atoms with E-state index in [1.54, 1.807) is 5.70 Å². The summed E-state index contributed by atoms with van der Waals surface area (Å²) in [5.41, 5.74) is 13.7. The summed E-state index contributed by atoms with van der Waals surface area (Å²) in [4.78, 5) is 11.2. The van der Waals surface area contributed by atoms with Gasteiger partial charge < -0.3 is 9.80 Å². The zero-order valence-electron chi connectivity index (χ0n) is 35.0. The molecule has 0 amide bonds. The number of nitrogens with zero attached hydrogens (tertiary/aromatic N) is 3. The zero-order chi connectivity index (χ0) is 37.5. The minimum Gasteiger partial charge on any atom is -0.352 e. The normalized spacial score (nSPS) is 39.5. The van der Waals surface area contributed by atoms with Crippen LogP contribution in [0.1, 0.15) is 126 Å². The number of nitrogens with one attached hydrogen (secondary N) is 1. The van der Waals surface area contributed by atoms with E-state index in [0.29, 0.717) is 71.0 Å². The fraction of sp³-hybridized carbons (Fsp3) is 0.660. The van der Waals surface area contributed by atoms with Crippen LogP contribution in [0, 0.1) is 52.8 Å². The Labute approximate surface area is 328 Å². The van der Waals surface area contributed by atoms with E-state index in [1.165, 1.54) is 73.8 Å². The lowest BCUT2D eigenvalue weighted by atomic mass is 9.44. The van der Waals surface area contributed by atoms with Crippen molar-refractivity contribution in [1.29, 1.82) is 0 Å². The van der Waals surface area contributed by atoms with Crippen LogP contribution in [-0.4, -0.2) is 47.0 Å². The summed E-state index contributed by atoms with van der Waals surface area (Å²) in [6.45, 7) is 20.8. The summed E-state index contributed by atoms with van der Waals surface area (Å²) >= 11 is 0. The van der Waals surface area contributed by atoms with Crippen molar-refractivity contribution < 1.29 is 0 Å². The second-order valence-corrected chi connectivity index (χ2v) is 20.4. The van der Waals surface area contributed by atoms with Crippen LogP contribution in [0.25, 0.3) is 0 Å². The summed E-state index contributed by atoms with van der Waals surface area (Å²) in [6.07, 6.45) is 36.7. The Bertz CT molecular complexity index is 1790. The molecule has 11 atom stereocenters. The first-order valence-corrected chi connectivity index (χ1v) is 22.3. The van der Waals surface area contributed by atoms with E-state index in [0.717, 1.165) is 25.8 Å². The van der Waals surface area contributed by atoms with Gasteiger partial charge >= 0.3 is 0 Å². The summed E-state index contributed by atoms with van der Waals surface area (Å²) in [5.74, 6) is 4.82. The quantitative estimate of drug-likeness (QED) is 0.265. The fourth-order valence-electron chi connectivity index (χ4n) is 13.5. The van der Waals surface area contributed by atoms with Gasteiger partial charge in [-0.05, 0) is 150 Å². The topological polar surface area (TPSA) is 30.9 Å². The van der Waals surface area contributed by atoms with Gasteiger partial charge in [-0.15, -0.1) is 0 Å². The Morgan fingerprint density at radius 1 is 0.889 bits per heavy atom. The van der Waals surface area contributed by atoms with Crippen LogP contribution in [0.2, 0.25) is 0 Å². The highest BCUT2D eigenvalue weighted by Crippen LogP contribution is 2.66. The molecule has 11 unspecified atom stereocenters. The van der Waals surface area contributed by atoms with Gasteiger partial charge in [0.1, 0.15) is 6.17 Å². The van der Waals surface area contributed by atoms with Gasteiger partial charge in [-0.2, -0.15) is 0 Å². The molecular weight excluding hydrogens is 657 g/mol. The van der Waals surface area contributed by atoms with E-state index in [-0.39, 0.29) is 6.17 Å². The van der Waals surface area contributed by atoms with Crippen molar-refractivity contribution in [3.8, 4) is 0 Å². The maximum Gasteiger partial charge on any atom is 0.120 e. The molecule has 1 N–H and O–H groups in total. The highest BCUT2D eigenvalue weighted by molar-refractivity contribution is 5.58. The first-order valence-electron chi connectivity index (χ1n) is 22.3. The van der Waals surface area contributed by atoms with Crippen LogP contribution in [0.5, 0.6) is 0 Å². The molecule has 7 aliphatic carbocycles. The van der Waals surface area contributed by atoms with Gasteiger partial charge in [0, 0.05) is 36.1 Å². The molecule has 0 radical (unpaired) electrons. The van der Waals surface area contributed by atoms with Crippen molar-refractivity contribution in [2.24, 2.45) is 57.8 Å². The van der Waals surface area contributed by atoms with Gasteiger partial charge in [0.25, 0.3) is 0 Å². The van der Waals surface area contributed by atoms with E-state index in [2.05, 4.69) is 125 Å². The van der Waals surface area contributed by atoms with E-state index in [9.17, 15) is 0 Å². The Morgan fingerprint density at radius 3 is 2.43 bits per heavy atom. The molecule has 4 heteroatoms. The smallest absolute Gasteiger partial charge is 0.120 e. The first-order chi connectivity index (χ1) is 26.0. The average Bonchev–Trinajstić information content (AvgIpc) is 3.13. The molecule has 0 saturated heterocycles. The maximum atomic E-state index is 5.34. The molecule has 0 aromatic rings. The number of allylic oxidation sites excluding steroid dienone is 9. The Kier molecular flexibility index (Phi) is 9.71. The molecular formula is C50H70N4. The lowest BCUT2D eigenvalue weighted by Crippen LogP contribution is -2.59. The SMILES string of the molecule is CC1=CC(N(C2=C3CC4C5=C(CCC4(C)C)CC(N(C4=CC(C)CC(C)=C4)C4CCCC=N4)C4C=CC(C(C(C)C)C2)C3C54)C2CC=CCN2)CC(C)=C1. The second kappa shape index (κ2) is 14.3. The second-order valence-electron chi connectivity index (χ2n) is 20.4. The molecule has 1 saturated carbocycles. The van der Waals surface area contributed by atoms with Crippen molar-refractivity contribution in [3.63, 3.8) is 0 Å². The van der Waals surface area contributed by atoms with Gasteiger partial charge in [0.2, 0.25) is 0 Å². The Morgan fingerprint density at radius 2 is 1.70 bits per heavy atom. The van der Waals surface area contributed by atoms with Crippen LogP contribution in [0.3, 0.4) is 0 Å². The Hall–Kier alpha value is -2.85. The van der Waals surface area contributed by atoms with Gasteiger partial charge in [-0.25, -0.2) is 0 Å². The molecule has 9 rings (SSSR count). The summed E-state index contributed by atoms with van der Waals surface area (Å²) < 4.78 is 0. The van der Waals surface area contributed by atoms with E-state index < -0.39 is 0 Å². The molecule has 9 aliphatic rings. The molecule has 0 bridgehead atoms. The number of rotatable bonds is 7. The molecule has 0 aromatic carbocycles. The number of hydrogen-bond donors (Lipinski definition) is 1.